The zero-order valence-corrected chi connectivity index (χ0v) is 14.9. The average molecular weight is 375 g/mol. The van der Waals surface area contributed by atoms with Gasteiger partial charge >= 0.3 is 0 Å². The second-order valence-corrected chi connectivity index (χ2v) is 7.15. The molecule has 3 aromatic rings. The molecule has 0 aliphatic rings. The molecule has 1 N–H and O–H groups in total. The highest BCUT2D eigenvalue weighted by atomic mass is 32.2. The molecular weight excluding hydrogens is 361 g/mol. The highest BCUT2D eigenvalue weighted by molar-refractivity contribution is 8.01. The maximum Gasteiger partial charge on any atom is 0.210 e. The van der Waals surface area contributed by atoms with E-state index in [1.165, 1.54) is 41.3 Å². The Morgan fingerprint density at radius 1 is 1.24 bits per heavy atom. The van der Waals surface area contributed by atoms with Gasteiger partial charge < -0.3 is 10.1 Å². The lowest BCUT2D eigenvalue weighted by atomic mass is 10.1. The number of nitrogens with zero attached hydrogens (tertiary/aromatic N) is 2. The van der Waals surface area contributed by atoms with Crippen LogP contribution in [0.3, 0.4) is 0 Å². The summed E-state index contributed by atoms with van der Waals surface area (Å²) >= 11 is 2.63. The van der Waals surface area contributed by atoms with Crippen molar-refractivity contribution in [3.63, 3.8) is 0 Å². The van der Waals surface area contributed by atoms with E-state index in [4.69, 9.17) is 4.74 Å². The maximum atomic E-state index is 13.2. The monoisotopic (exact) mass is 375 g/mol. The number of rotatable bonds is 7. The number of nitrogens with one attached hydrogen (secondary N) is 1. The number of benzene rings is 2. The fourth-order valence-electron chi connectivity index (χ4n) is 1.99. The highest BCUT2D eigenvalue weighted by Gasteiger charge is 2.11. The van der Waals surface area contributed by atoms with Gasteiger partial charge in [-0.25, -0.2) is 4.39 Å². The Labute approximate surface area is 152 Å². The number of aromatic nitrogens is 2. The van der Waals surface area contributed by atoms with E-state index in [9.17, 15) is 9.18 Å². The van der Waals surface area contributed by atoms with Gasteiger partial charge in [0.15, 0.2) is 10.1 Å². The fraction of sp³-hybridized carbons (Fsp3) is 0.118. The second kappa shape index (κ2) is 8.09. The molecule has 1 heterocycles. The molecular formula is C17H14FN3O2S2. The van der Waals surface area contributed by atoms with Gasteiger partial charge in [-0.1, -0.05) is 35.2 Å². The van der Waals surface area contributed by atoms with Crippen LogP contribution >= 0.6 is 23.1 Å². The van der Waals surface area contributed by atoms with Crippen LogP contribution < -0.4 is 10.1 Å². The topological polar surface area (TPSA) is 64.1 Å². The first-order chi connectivity index (χ1) is 12.1. The minimum absolute atomic E-state index is 0.149. The van der Waals surface area contributed by atoms with Crippen LogP contribution in [-0.2, 0) is 0 Å². The number of halogens is 1. The molecule has 2 aromatic carbocycles. The van der Waals surface area contributed by atoms with E-state index in [1.54, 1.807) is 13.2 Å². The molecule has 128 valence electrons. The Morgan fingerprint density at radius 2 is 2.04 bits per heavy atom. The number of ether oxygens (including phenoxy) is 1. The van der Waals surface area contributed by atoms with Gasteiger partial charge in [0.05, 0.1) is 12.9 Å². The van der Waals surface area contributed by atoms with E-state index in [-0.39, 0.29) is 11.5 Å². The Hall–Kier alpha value is -2.45. The molecule has 0 fully saturated rings. The van der Waals surface area contributed by atoms with Gasteiger partial charge in [0.25, 0.3) is 0 Å². The van der Waals surface area contributed by atoms with Gasteiger partial charge in [0.1, 0.15) is 11.6 Å². The summed E-state index contributed by atoms with van der Waals surface area (Å²) in [7, 11) is 1.61. The molecule has 0 saturated carbocycles. The summed E-state index contributed by atoms with van der Waals surface area (Å²) in [5, 5.41) is 11.9. The lowest BCUT2D eigenvalue weighted by Gasteiger charge is -2.03. The van der Waals surface area contributed by atoms with E-state index >= 15 is 0 Å². The second-order valence-electron chi connectivity index (χ2n) is 4.95. The van der Waals surface area contributed by atoms with Crippen LogP contribution in [0.5, 0.6) is 5.75 Å². The molecule has 0 aliphatic carbocycles. The van der Waals surface area contributed by atoms with Crippen molar-refractivity contribution in [1.29, 1.82) is 0 Å². The number of carbonyl (C=O) groups excluding carboxylic acids is 1. The van der Waals surface area contributed by atoms with Crippen LogP contribution in [0.25, 0.3) is 0 Å². The Balaban J connectivity index is 1.57. The molecule has 0 aliphatic heterocycles. The Kier molecular flexibility index (Phi) is 5.62. The van der Waals surface area contributed by atoms with Crippen molar-refractivity contribution in [2.75, 3.05) is 18.2 Å². The van der Waals surface area contributed by atoms with Crippen molar-refractivity contribution in [3.8, 4) is 5.75 Å². The van der Waals surface area contributed by atoms with E-state index in [1.807, 2.05) is 24.3 Å². The Morgan fingerprint density at radius 3 is 2.76 bits per heavy atom. The van der Waals surface area contributed by atoms with Gasteiger partial charge in [-0.05, 0) is 36.4 Å². The number of thioether (sulfide) groups is 1. The van der Waals surface area contributed by atoms with E-state index in [0.29, 0.717) is 15.0 Å². The zero-order chi connectivity index (χ0) is 17.6. The van der Waals surface area contributed by atoms with Gasteiger partial charge in [0.2, 0.25) is 5.13 Å². The third-order valence-corrected chi connectivity index (χ3v) is 5.19. The van der Waals surface area contributed by atoms with Crippen molar-refractivity contribution >= 4 is 39.7 Å². The maximum absolute atomic E-state index is 13.2. The minimum atomic E-state index is -0.419. The lowest BCUT2D eigenvalue weighted by molar-refractivity contribution is 0.102. The summed E-state index contributed by atoms with van der Waals surface area (Å²) in [5.74, 6) is 0.387. The van der Waals surface area contributed by atoms with E-state index in [0.717, 1.165) is 11.4 Å². The van der Waals surface area contributed by atoms with Gasteiger partial charge in [-0.2, -0.15) is 0 Å². The normalized spacial score (nSPS) is 10.5. The Bertz CT molecular complexity index is 868. The van der Waals surface area contributed by atoms with Crippen LogP contribution in [0.4, 0.5) is 15.2 Å². The fourth-order valence-corrected chi connectivity index (χ4v) is 3.66. The molecule has 0 unspecified atom stereocenters. The summed E-state index contributed by atoms with van der Waals surface area (Å²) in [6.45, 7) is 0. The summed E-state index contributed by atoms with van der Waals surface area (Å²) in [6, 6.07) is 13.1. The standard InChI is InChI=1S/C17H14FN3O2S2/c1-23-14-7-5-13(6-8-14)19-16-20-21-17(25-16)24-10-15(22)11-3-2-4-12(18)9-11/h2-9H,10H2,1H3,(H,19,20). The average Bonchev–Trinajstić information content (AvgIpc) is 3.08. The quantitative estimate of drug-likeness (QED) is 0.488. The summed E-state index contributed by atoms with van der Waals surface area (Å²) in [4.78, 5) is 12.1. The molecule has 8 heteroatoms. The van der Waals surface area contributed by atoms with Crippen LogP contribution in [0.15, 0.2) is 52.9 Å². The number of hydrogen-bond donors (Lipinski definition) is 1. The number of Topliss-reactive ketones (excluding diaryl/α,β-unsaturated/α-hetero) is 1. The van der Waals surface area contributed by atoms with Gasteiger partial charge in [0, 0.05) is 11.3 Å². The third-order valence-electron chi connectivity index (χ3n) is 3.22. The van der Waals surface area contributed by atoms with Crippen molar-refractivity contribution in [2.24, 2.45) is 0 Å². The van der Waals surface area contributed by atoms with Crippen LogP contribution in [0.2, 0.25) is 0 Å². The zero-order valence-electron chi connectivity index (χ0n) is 13.2. The largest absolute Gasteiger partial charge is 0.497 e. The molecule has 0 radical (unpaired) electrons. The van der Waals surface area contributed by atoms with Crippen LogP contribution in [-0.4, -0.2) is 28.8 Å². The molecule has 0 bridgehead atoms. The first kappa shape index (κ1) is 17.4. The first-order valence-corrected chi connectivity index (χ1v) is 9.10. The number of ketones is 1. The number of methoxy groups -OCH3 is 1. The van der Waals surface area contributed by atoms with Gasteiger partial charge in [-0.15, -0.1) is 10.2 Å². The first-order valence-electron chi connectivity index (χ1n) is 7.30. The molecule has 25 heavy (non-hydrogen) atoms. The van der Waals surface area contributed by atoms with Gasteiger partial charge in [-0.3, -0.25) is 4.79 Å². The number of anilines is 2. The van der Waals surface area contributed by atoms with Crippen molar-refractivity contribution in [2.45, 2.75) is 4.34 Å². The van der Waals surface area contributed by atoms with Crippen molar-refractivity contribution < 1.29 is 13.9 Å². The van der Waals surface area contributed by atoms with E-state index < -0.39 is 5.82 Å². The third kappa shape index (κ3) is 4.77. The molecule has 5 nitrogen and oxygen atoms in total. The lowest BCUT2D eigenvalue weighted by Crippen LogP contribution is -2.02. The molecule has 0 spiro atoms. The molecule has 1 aromatic heterocycles. The molecule has 0 amide bonds. The van der Waals surface area contributed by atoms with Crippen molar-refractivity contribution in [3.05, 3.63) is 59.9 Å². The molecule has 0 saturated heterocycles. The predicted molar refractivity (Wildman–Crippen MR) is 97.6 cm³/mol. The summed E-state index contributed by atoms with van der Waals surface area (Å²) < 4.78 is 18.9. The van der Waals surface area contributed by atoms with Crippen LogP contribution in [0.1, 0.15) is 10.4 Å². The summed E-state index contributed by atoms with van der Waals surface area (Å²) in [5.41, 5.74) is 1.22. The number of carbonyl (C=O) groups is 1. The van der Waals surface area contributed by atoms with E-state index in [2.05, 4.69) is 15.5 Å². The smallest absolute Gasteiger partial charge is 0.210 e. The summed E-state index contributed by atoms with van der Waals surface area (Å²) in [6.07, 6.45) is 0. The molecule has 0 atom stereocenters. The van der Waals surface area contributed by atoms with Crippen LogP contribution in [0, 0.1) is 5.82 Å². The van der Waals surface area contributed by atoms with Crippen molar-refractivity contribution in [1.82, 2.24) is 10.2 Å². The number of hydrogen-bond acceptors (Lipinski definition) is 7. The highest BCUT2D eigenvalue weighted by Crippen LogP contribution is 2.28. The predicted octanol–water partition coefficient (Wildman–Crippen LogP) is 4.40. The molecule has 3 rings (SSSR count). The SMILES string of the molecule is COc1ccc(Nc2nnc(SCC(=O)c3cccc(F)c3)s2)cc1. The minimum Gasteiger partial charge on any atom is -0.497 e.